The summed E-state index contributed by atoms with van der Waals surface area (Å²) in [6.45, 7) is 4.96. The first-order valence-corrected chi connectivity index (χ1v) is 8.56. The van der Waals surface area contributed by atoms with Crippen LogP contribution in [0.1, 0.15) is 28.7 Å². The average Bonchev–Trinajstić information content (AvgIpc) is 2.61. The summed E-state index contributed by atoms with van der Waals surface area (Å²) in [6.07, 6.45) is 0.226. The maximum atomic E-state index is 13.0. The summed E-state index contributed by atoms with van der Waals surface area (Å²) in [5.41, 5.74) is 2.23. The number of carbonyl (C=O) groups is 1. The third-order valence-electron chi connectivity index (χ3n) is 4.45. The molecule has 0 saturated carbocycles. The molecule has 1 aromatic carbocycles. The van der Waals surface area contributed by atoms with Crippen molar-refractivity contribution < 1.29 is 14.3 Å². The number of amides is 1. The third-order valence-corrected chi connectivity index (χ3v) is 4.45. The molecule has 0 unspecified atom stereocenters. The molecule has 1 aliphatic rings. The van der Waals surface area contributed by atoms with Crippen molar-refractivity contribution in [3.63, 3.8) is 0 Å². The largest absolute Gasteiger partial charge is 0.496 e. The smallest absolute Gasteiger partial charge is 0.251 e. The molecule has 1 amide bonds. The van der Waals surface area contributed by atoms with E-state index in [9.17, 15) is 9.59 Å². The molecule has 0 aliphatic carbocycles. The van der Waals surface area contributed by atoms with Gasteiger partial charge < -0.3 is 19.4 Å². The normalized spacial score (nSPS) is 17.2. The van der Waals surface area contributed by atoms with E-state index < -0.39 is 0 Å². The lowest BCUT2D eigenvalue weighted by Crippen LogP contribution is -2.44. The molecule has 1 N–H and O–H groups in total. The van der Waals surface area contributed by atoms with Gasteiger partial charge in [0.05, 0.1) is 38.5 Å². The Morgan fingerprint density at radius 2 is 2.19 bits per heavy atom. The van der Waals surface area contributed by atoms with E-state index in [0.29, 0.717) is 37.0 Å². The van der Waals surface area contributed by atoms with Crippen LogP contribution < -0.4 is 10.3 Å². The van der Waals surface area contributed by atoms with Crippen molar-refractivity contribution in [1.29, 1.82) is 0 Å². The Balaban J connectivity index is 1.87. The minimum atomic E-state index is -0.368. The summed E-state index contributed by atoms with van der Waals surface area (Å²) in [6, 6.07) is 6.85. The first kappa shape index (κ1) is 18.1. The van der Waals surface area contributed by atoms with Crippen molar-refractivity contribution in [2.75, 3.05) is 26.9 Å². The van der Waals surface area contributed by atoms with Gasteiger partial charge in [-0.15, -0.1) is 0 Å². The monoisotopic (exact) mass is 357 g/mol. The highest BCUT2D eigenvalue weighted by molar-refractivity contribution is 5.80. The van der Waals surface area contributed by atoms with Gasteiger partial charge in [0.2, 0.25) is 5.91 Å². The van der Waals surface area contributed by atoms with Gasteiger partial charge in [-0.1, -0.05) is 17.7 Å². The maximum absolute atomic E-state index is 13.0. The van der Waals surface area contributed by atoms with E-state index in [-0.39, 0.29) is 23.9 Å². The van der Waals surface area contributed by atoms with E-state index >= 15 is 0 Å². The number of nitrogens with zero attached hydrogens (tertiary/aromatic N) is 2. The number of hydrogen-bond donors (Lipinski definition) is 1. The molecule has 0 radical (unpaired) electrons. The molecule has 1 fully saturated rings. The SMILES string of the molecule is COc1ccc(C)cc1CC(=O)N1CCOC[C@@H]1c1cc(=O)[nH]c(C)n1. The van der Waals surface area contributed by atoms with Crippen molar-refractivity contribution in [3.05, 3.63) is 57.3 Å². The second-order valence-corrected chi connectivity index (χ2v) is 6.43. The zero-order valence-corrected chi connectivity index (χ0v) is 15.2. The number of aromatic amines is 1. The molecule has 7 heteroatoms. The number of methoxy groups -OCH3 is 1. The number of morpholine rings is 1. The fourth-order valence-corrected chi connectivity index (χ4v) is 3.23. The van der Waals surface area contributed by atoms with Crippen molar-refractivity contribution in [2.45, 2.75) is 26.3 Å². The van der Waals surface area contributed by atoms with Gasteiger partial charge in [-0.3, -0.25) is 9.59 Å². The van der Waals surface area contributed by atoms with Crippen molar-refractivity contribution in [3.8, 4) is 5.75 Å². The molecule has 26 heavy (non-hydrogen) atoms. The summed E-state index contributed by atoms with van der Waals surface area (Å²) in [5, 5.41) is 0. The van der Waals surface area contributed by atoms with Crippen molar-refractivity contribution in [2.24, 2.45) is 0 Å². The number of ether oxygens (including phenoxy) is 2. The van der Waals surface area contributed by atoms with E-state index in [1.807, 2.05) is 25.1 Å². The number of hydrogen-bond acceptors (Lipinski definition) is 5. The lowest BCUT2D eigenvalue weighted by atomic mass is 10.0. The fourth-order valence-electron chi connectivity index (χ4n) is 3.23. The Kier molecular flexibility index (Phi) is 5.37. The van der Waals surface area contributed by atoms with Crippen LogP contribution in [0.15, 0.2) is 29.1 Å². The van der Waals surface area contributed by atoms with Gasteiger partial charge in [0, 0.05) is 18.2 Å². The average molecular weight is 357 g/mol. The van der Waals surface area contributed by atoms with Crippen LogP contribution in [-0.2, 0) is 16.0 Å². The Hall–Kier alpha value is -2.67. The lowest BCUT2D eigenvalue weighted by Gasteiger charge is -2.35. The predicted octanol–water partition coefficient (Wildman–Crippen LogP) is 1.54. The Morgan fingerprint density at radius 1 is 1.38 bits per heavy atom. The number of aromatic nitrogens is 2. The van der Waals surface area contributed by atoms with E-state index in [4.69, 9.17) is 9.47 Å². The van der Waals surface area contributed by atoms with Gasteiger partial charge in [-0.25, -0.2) is 4.98 Å². The van der Waals surface area contributed by atoms with Crippen LogP contribution in [-0.4, -0.2) is 47.6 Å². The number of nitrogens with one attached hydrogen (secondary N) is 1. The number of rotatable bonds is 4. The highest BCUT2D eigenvalue weighted by Gasteiger charge is 2.30. The first-order valence-electron chi connectivity index (χ1n) is 8.56. The van der Waals surface area contributed by atoms with Gasteiger partial charge in [0.25, 0.3) is 5.56 Å². The fraction of sp³-hybridized carbons (Fsp3) is 0.421. The summed E-state index contributed by atoms with van der Waals surface area (Å²) < 4.78 is 10.9. The van der Waals surface area contributed by atoms with Crippen LogP contribution in [0.3, 0.4) is 0 Å². The second-order valence-electron chi connectivity index (χ2n) is 6.43. The van der Waals surface area contributed by atoms with Crippen LogP contribution in [0.5, 0.6) is 5.75 Å². The Bertz CT molecular complexity index is 862. The van der Waals surface area contributed by atoms with Crippen LogP contribution in [0.4, 0.5) is 0 Å². The van der Waals surface area contributed by atoms with Crippen LogP contribution in [0, 0.1) is 13.8 Å². The van der Waals surface area contributed by atoms with E-state index in [1.54, 1.807) is 18.9 Å². The number of aryl methyl sites for hydroxylation is 2. The second kappa shape index (κ2) is 7.70. The molecule has 3 rings (SSSR count). The molecule has 2 aromatic rings. The van der Waals surface area contributed by atoms with E-state index in [2.05, 4.69) is 9.97 Å². The van der Waals surface area contributed by atoms with Gasteiger partial charge in [0.15, 0.2) is 0 Å². The number of benzene rings is 1. The zero-order chi connectivity index (χ0) is 18.7. The standard InChI is InChI=1S/C19H23N3O4/c1-12-4-5-17(25-3)14(8-12)9-19(24)22-6-7-26-11-16(22)15-10-18(23)21-13(2)20-15/h4-5,8,10,16H,6-7,9,11H2,1-3H3,(H,20,21,23)/t16-/m1/s1. The van der Waals surface area contributed by atoms with E-state index in [1.165, 1.54) is 6.07 Å². The van der Waals surface area contributed by atoms with Gasteiger partial charge >= 0.3 is 0 Å². The molecule has 0 spiro atoms. The minimum absolute atomic E-state index is 0.0399. The predicted molar refractivity (Wildman–Crippen MR) is 96.3 cm³/mol. The molecular weight excluding hydrogens is 334 g/mol. The molecule has 1 aliphatic heterocycles. The van der Waals surface area contributed by atoms with Crippen molar-refractivity contribution in [1.82, 2.24) is 14.9 Å². The number of H-pyrrole nitrogens is 1. The molecule has 1 saturated heterocycles. The highest BCUT2D eigenvalue weighted by atomic mass is 16.5. The maximum Gasteiger partial charge on any atom is 0.251 e. The third kappa shape index (κ3) is 3.94. The molecular formula is C19H23N3O4. The summed E-state index contributed by atoms with van der Waals surface area (Å²) >= 11 is 0. The molecule has 0 bridgehead atoms. The van der Waals surface area contributed by atoms with Crippen LogP contribution in [0.25, 0.3) is 0 Å². The van der Waals surface area contributed by atoms with Crippen LogP contribution >= 0.6 is 0 Å². The highest BCUT2D eigenvalue weighted by Crippen LogP contribution is 2.25. The minimum Gasteiger partial charge on any atom is -0.496 e. The Labute approximate surface area is 152 Å². The summed E-state index contributed by atoms with van der Waals surface area (Å²) in [5.74, 6) is 1.17. The Morgan fingerprint density at radius 3 is 2.92 bits per heavy atom. The molecule has 138 valence electrons. The van der Waals surface area contributed by atoms with Gasteiger partial charge in [-0.05, 0) is 19.9 Å². The van der Waals surface area contributed by atoms with Gasteiger partial charge in [0.1, 0.15) is 11.6 Å². The van der Waals surface area contributed by atoms with Crippen molar-refractivity contribution >= 4 is 5.91 Å². The first-order chi connectivity index (χ1) is 12.5. The molecule has 7 nitrogen and oxygen atoms in total. The van der Waals surface area contributed by atoms with E-state index in [0.717, 1.165) is 11.1 Å². The summed E-state index contributed by atoms with van der Waals surface area (Å²) in [7, 11) is 1.60. The number of carbonyl (C=O) groups excluding carboxylic acids is 1. The molecule has 1 aromatic heterocycles. The molecule has 1 atom stereocenters. The molecule has 2 heterocycles. The van der Waals surface area contributed by atoms with Gasteiger partial charge in [-0.2, -0.15) is 0 Å². The van der Waals surface area contributed by atoms with Crippen LogP contribution in [0.2, 0.25) is 0 Å². The summed E-state index contributed by atoms with van der Waals surface area (Å²) in [4.78, 5) is 33.5. The topological polar surface area (TPSA) is 84.5 Å². The lowest BCUT2D eigenvalue weighted by molar-refractivity contribution is -0.139. The zero-order valence-electron chi connectivity index (χ0n) is 15.2. The quantitative estimate of drug-likeness (QED) is 0.897.